The van der Waals surface area contributed by atoms with E-state index in [1.807, 2.05) is 6.92 Å². The molecule has 0 amide bonds. The number of hydrogen-bond donors (Lipinski definition) is 2. The molecule has 0 aromatic carbocycles. The van der Waals surface area contributed by atoms with Crippen molar-refractivity contribution in [3.8, 4) is 0 Å². The van der Waals surface area contributed by atoms with Gasteiger partial charge >= 0.3 is 0 Å². The maximum absolute atomic E-state index is 11.6. The Morgan fingerprint density at radius 1 is 1.57 bits per heavy atom. The molecule has 0 bridgehead atoms. The van der Waals surface area contributed by atoms with E-state index in [0.717, 1.165) is 0 Å². The predicted molar refractivity (Wildman–Crippen MR) is 54.2 cm³/mol. The van der Waals surface area contributed by atoms with Crippen molar-refractivity contribution >= 4 is 10.0 Å². The lowest BCUT2D eigenvalue weighted by Gasteiger charge is -2.33. The highest BCUT2D eigenvalue weighted by molar-refractivity contribution is 7.89. The van der Waals surface area contributed by atoms with Crippen LogP contribution >= 0.6 is 0 Å². The molecule has 0 aromatic heterocycles. The first-order chi connectivity index (χ1) is 6.47. The highest BCUT2D eigenvalue weighted by Gasteiger charge is 2.30. The molecule has 1 fully saturated rings. The zero-order chi connectivity index (χ0) is 10.8. The van der Waals surface area contributed by atoms with Crippen molar-refractivity contribution in [2.24, 2.45) is 11.7 Å². The number of aliphatic hydroxyl groups is 1. The van der Waals surface area contributed by atoms with E-state index in [-0.39, 0.29) is 24.3 Å². The second kappa shape index (κ2) is 4.57. The maximum atomic E-state index is 11.6. The van der Waals surface area contributed by atoms with Crippen LogP contribution in [0.15, 0.2) is 0 Å². The summed E-state index contributed by atoms with van der Waals surface area (Å²) in [7, 11) is -3.19. The number of nitrogens with two attached hydrogens (primary N) is 1. The fourth-order valence-corrected chi connectivity index (χ4v) is 3.03. The van der Waals surface area contributed by atoms with Gasteiger partial charge in [0, 0.05) is 19.6 Å². The second-order valence-electron chi connectivity index (χ2n) is 3.80. The van der Waals surface area contributed by atoms with Gasteiger partial charge in [0.05, 0.1) is 11.9 Å². The van der Waals surface area contributed by atoms with Gasteiger partial charge < -0.3 is 10.8 Å². The lowest BCUT2D eigenvalue weighted by molar-refractivity contribution is 0.0629. The number of sulfonamides is 1. The minimum Gasteiger partial charge on any atom is -0.393 e. The van der Waals surface area contributed by atoms with Gasteiger partial charge in [-0.15, -0.1) is 0 Å². The third-order valence-electron chi connectivity index (χ3n) is 2.59. The van der Waals surface area contributed by atoms with E-state index in [1.165, 1.54) is 4.31 Å². The SMILES string of the molecule is CC1CN(S(=O)(=O)CCN)CCC1O. The Morgan fingerprint density at radius 3 is 2.71 bits per heavy atom. The van der Waals surface area contributed by atoms with E-state index in [1.54, 1.807) is 0 Å². The third kappa shape index (κ3) is 2.66. The van der Waals surface area contributed by atoms with Crippen LogP contribution in [0.25, 0.3) is 0 Å². The van der Waals surface area contributed by atoms with E-state index in [0.29, 0.717) is 19.5 Å². The van der Waals surface area contributed by atoms with Crippen molar-refractivity contribution in [3.63, 3.8) is 0 Å². The average Bonchev–Trinajstić information content (AvgIpc) is 2.09. The van der Waals surface area contributed by atoms with Gasteiger partial charge in [0.2, 0.25) is 10.0 Å². The molecule has 0 aliphatic carbocycles. The van der Waals surface area contributed by atoms with Crippen molar-refractivity contribution in [1.29, 1.82) is 0 Å². The van der Waals surface area contributed by atoms with Crippen LogP contribution < -0.4 is 5.73 Å². The minimum absolute atomic E-state index is 0.00415. The fraction of sp³-hybridized carbons (Fsp3) is 1.00. The molecule has 0 spiro atoms. The second-order valence-corrected chi connectivity index (χ2v) is 5.88. The molecular weight excluding hydrogens is 204 g/mol. The number of hydrogen-bond acceptors (Lipinski definition) is 4. The monoisotopic (exact) mass is 222 g/mol. The van der Waals surface area contributed by atoms with Crippen molar-refractivity contribution in [2.45, 2.75) is 19.4 Å². The Hall–Kier alpha value is -0.170. The molecule has 3 N–H and O–H groups in total. The summed E-state index contributed by atoms with van der Waals surface area (Å²) < 4.78 is 24.6. The molecule has 1 aliphatic heterocycles. The van der Waals surface area contributed by atoms with Gasteiger partial charge in [-0.25, -0.2) is 12.7 Å². The Kier molecular flexibility index (Phi) is 3.88. The number of nitrogens with zero attached hydrogens (tertiary/aromatic N) is 1. The molecule has 2 atom stereocenters. The van der Waals surface area contributed by atoms with E-state index in [4.69, 9.17) is 5.73 Å². The quantitative estimate of drug-likeness (QED) is 0.640. The number of piperidine rings is 1. The standard InChI is InChI=1S/C8H18N2O3S/c1-7-6-10(4-2-8(7)11)14(12,13)5-3-9/h7-8,11H,2-6,9H2,1H3. The van der Waals surface area contributed by atoms with Crippen molar-refractivity contribution in [3.05, 3.63) is 0 Å². The van der Waals surface area contributed by atoms with Gasteiger partial charge in [-0.2, -0.15) is 0 Å². The minimum atomic E-state index is -3.19. The summed E-state index contributed by atoms with van der Waals surface area (Å²) in [5.74, 6) is 0.00631. The highest BCUT2D eigenvalue weighted by Crippen LogP contribution is 2.19. The van der Waals surface area contributed by atoms with Gasteiger partial charge in [-0.05, 0) is 12.3 Å². The molecule has 1 rings (SSSR count). The zero-order valence-electron chi connectivity index (χ0n) is 8.39. The molecule has 1 heterocycles. The normalized spacial score (nSPS) is 30.5. The largest absolute Gasteiger partial charge is 0.393 e. The van der Waals surface area contributed by atoms with Crippen LogP contribution in [0.5, 0.6) is 0 Å². The summed E-state index contributed by atoms with van der Waals surface area (Å²) in [6, 6.07) is 0. The van der Waals surface area contributed by atoms with Crippen molar-refractivity contribution in [1.82, 2.24) is 4.31 Å². The lowest BCUT2D eigenvalue weighted by atomic mass is 9.99. The topological polar surface area (TPSA) is 83.6 Å². The molecule has 1 aliphatic rings. The smallest absolute Gasteiger partial charge is 0.215 e. The first-order valence-corrected chi connectivity index (χ1v) is 6.44. The van der Waals surface area contributed by atoms with Gasteiger partial charge in [-0.1, -0.05) is 6.92 Å². The highest BCUT2D eigenvalue weighted by atomic mass is 32.2. The molecule has 6 heteroatoms. The summed E-state index contributed by atoms with van der Waals surface area (Å²) in [4.78, 5) is 0. The van der Waals surface area contributed by atoms with E-state index in [9.17, 15) is 13.5 Å². The molecule has 84 valence electrons. The molecule has 0 saturated carbocycles. The Morgan fingerprint density at radius 2 is 2.21 bits per heavy atom. The average molecular weight is 222 g/mol. The predicted octanol–water partition coefficient (Wildman–Crippen LogP) is -1.02. The maximum Gasteiger partial charge on any atom is 0.215 e. The lowest BCUT2D eigenvalue weighted by Crippen LogP contribution is -2.46. The van der Waals surface area contributed by atoms with Crippen LogP contribution in [0.4, 0.5) is 0 Å². The molecule has 1 saturated heterocycles. The Balaban J connectivity index is 2.63. The van der Waals surface area contributed by atoms with Gasteiger partial charge in [0.15, 0.2) is 0 Å². The van der Waals surface area contributed by atoms with E-state index >= 15 is 0 Å². The fourth-order valence-electron chi connectivity index (χ4n) is 1.63. The number of rotatable bonds is 3. The van der Waals surface area contributed by atoms with Crippen LogP contribution in [0.2, 0.25) is 0 Å². The summed E-state index contributed by atoms with van der Waals surface area (Å²) in [6.07, 6.45) is 0.143. The zero-order valence-corrected chi connectivity index (χ0v) is 9.20. The summed E-state index contributed by atoms with van der Waals surface area (Å²) in [5.41, 5.74) is 5.23. The molecular formula is C8H18N2O3S. The van der Waals surface area contributed by atoms with E-state index in [2.05, 4.69) is 0 Å². The van der Waals surface area contributed by atoms with Crippen LogP contribution in [0.3, 0.4) is 0 Å². The Labute approximate surface area is 84.9 Å². The van der Waals surface area contributed by atoms with Crippen LogP contribution in [-0.4, -0.2) is 49.3 Å². The molecule has 14 heavy (non-hydrogen) atoms. The summed E-state index contributed by atoms with van der Waals surface area (Å²) in [5, 5.41) is 9.44. The molecule has 0 aromatic rings. The molecule has 2 unspecified atom stereocenters. The number of aliphatic hydroxyl groups excluding tert-OH is 1. The summed E-state index contributed by atoms with van der Waals surface area (Å²) >= 11 is 0. The van der Waals surface area contributed by atoms with Gasteiger partial charge in [-0.3, -0.25) is 0 Å². The van der Waals surface area contributed by atoms with Crippen molar-refractivity contribution < 1.29 is 13.5 Å². The van der Waals surface area contributed by atoms with E-state index < -0.39 is 10.0 Å². The van der Waals surface area contributed by atoms with Gasteiger partial charge in [0.25, 0.3) is 0 Å². The Bertz CT molecular complexity index is 278. The van der Waals surface area contributed by atoms with Crippen LogP contribution in [0.1, 0.15) is 13.3 Å². The molecule has 0 radical (unpaired) electrons. The first-order valence-electron chi connectivity index (χ1n) is 4.83. The van der Waals surface area contributed by atoms with Crippen molar-refractivity contribution in [2.75, 3.05) is 25.4 Å². The van der Waals surface area contributed by atoms with Gasteiger partial charge in [0.1, 0.15) is 0 Å². The third-order valence-corrected chi connectivity index (χ3v) is 4.46. The first kappa shape index (κ1) is 11.9. The van der Waals surface area contributed by atoms with Crippen LogP contribution in [0, 0.1) is 5.92 Å². The molecule has 5 nitrogen and oxygen atoms in total. The van der Waals surface area contributed by atoms with Crippen LogP contribution in [-0.2, 0) is 10.0 Å². The summed E-state index contributed by atoms with van der Waals surface area (Å²) in [6.45, 7) is 2.82.